The zero-order valence-corrected chi connectivity index (χ0v) is 38.3. The minimum absolute atomic E-state index is 0.0661. The van der Waals surface area contributed by atoms with E-state index in [0.717, 1.165) is 116 Å². The van der Waals surface area contributed by atoms with Crippen LogP contribution in [0.2, 0.25) is 0 Å². The molecule has 0 heterocycles. The molecule has 0 bridgehead atoms. The Bertz CT molecular complexity index is 1000. The monoisotopic (exact) mass is 826 g/mol. The average Bonchev–Trinajstić information content (AvgIpc) is 3.19. The Morgan fingerprint density at radius 2 is 0.741 bits per heavy atom. The number of rotatable bonds is 40. The van der Waals surface area contributed by atoms with Crippen LogP contribution in [0.5, 0.6) is 0 Å². The number of nitrogens with zero attached hydrogens (tertiary/aromatic N) is 1. The highest BCUT2D eigenvalue weighted by Crippen LogP contribution is 2.27. The molecule has 0 N–H and O–H groups in total. The third kappa shape index (κ3) is 32.2. The van der Waals surface area contributed by atoms with Gasteiger partial charge >= 0.3 is 29.8 Å². The van der Waals surface area contributed by atoms with Gasteiger partial charge < -0.3 is 28.6 Å². The van der Waals surface area contributed by atoms with Crippen LogP contribution < -0.4 is 0 Å². The Morgan fingerprint density at radius 3 is 1.09 bits per heavy atom. The van der Waals surface area contributed by atoms with Crippen molar-refractivity contribution < 1.29 is 47.7 Å². The number of hydrogen-bond donors (Lipinski definition) is 0. The van der Waals surface area contributed by atoms with Crippen LogP contribution in [0.1, 0.15) is 202 Å². The minimum atomic E-state index is -1.30. The Kier molecular flexibility index (Phi) is 35.6. The van der Waals surface area contributed by atoms with E-state index in [4.69, 9.17) is 23.7 Å². The molecule has 0 rings (SSSR count). The summed E-state index contributed by atoms with van der Waals surface area (Å²) in [6.07, 6.45) is 21.1. The molecule has 0 aliphatic heterocycles. The van der Waals surface area contributed by atoms with Crippen LogP contribution in [-0.4, -0.2) is 88.4 Å². The van der Waals surface area contributed by atoms with Crippen molar-refractivity contribution in [2.24, 2.45) is 17.3 Å². The highest BCUT2D eigenvalue weighted by Gasteiger charge is 2.38. The van der Waals surface area contributed by atoms with E-state index < -0.39 is 17.4 Å². The molecule has 0 unspecified atom stereocenters. The van der Waals surface area contributed by atoms with Gasteiger partial charge in [0.05, 0.1) is 6.61 Å². The molecular formula is C47H87NO10. The normalized spacial score (nSPS) is 11.6. The summed E-state index contributed by atoms with van der Waals surface area (Å²) in [5.74, 6) is -1.55. The van der Waals surface area contributed by atoms with Crippen molar-refractivity contribution >= 4 is 29.8 Å². The van der Waals surface area contributed by atoms with E-state index in [-0.39, 0.29) is 88.3 Å². The van der Waals surface area contributed by atoms with Crippen molar-refractivity contribution in [3.63, 3.8) is 0 Å². The summed E-state index contributed by atoms with van der Waals surface area (Å²) in [6.45, 7) is 10.8. The highest BCUT2D eigenvalue weighted by molar-refractivity contribution is 5.72. The predicted molar refractivity (Wildman–Crippen MR) is 231 cm³/mol. The van der Waals surface area contributed by atoms with Gasteiger partial charge in [-0.1, -0.05) is 118 Å². The second-order valence-corrected chi connectivity index (χ2v) is 17.0. The molecule has 0 radical (unpaired) electrons. The van der Waals surface area contributed by atoms with E-state index >= 15 is 0 Å². The van der Waals surface area contributed by atoms with Crippen LogP contribution in [0.4, 0.5) is 0 Å². The zero-order chi connectivity index (χ0) is 43.3. The Morgan fingerprint density at radius 1 is 0.414 bits per heavy atom. The summed E-state index contributed by atoms with van der Waals surface area (Å²) < 4.78 is 28.7. The third-order valence-electron chi connectivity index (χ3n) is 10.7. The first kappa shape index (κ1) is 55.3. The molecular weight excluding hydrogens is 739 g/mol. The van der Waals surface area contributed by atoms with Crippen molar-refractivity contribution in [2.45, 2.75) is 202 Å². The number of unbranched alkanes of at least 4 members (excludes halogenated alkanes) is 10. The van der Waals surface area contributed by atoms with Gasteiger partial charge in [-0.2, -0.15) is 0 Å². The summed E-state index contributed by atoms with van der Waals surface area (Å²) in [7, 11) is 3.87. The molecule has 0 saturated heterocycles. The van der Waals surface area contributed by atoms with E-state index in [2.05, 4.69) is 27.7 Å². The van der Waals surface area contributed by atoms with Gasteiger partial charge in [-0.25, -0.2) is 0 Å². The van der Waals surface area contributed by atoms with E-state index in [9.17, 15) is 24.0 Å². The molecule has 11 heteroatoms. The van der Waals surface area contributed by atoms with Crippen molar-refractivity contribution in [1.29, 1.82) is 0 Å². The molecule has 0 aromatic carbocycles. The molecule has 340 valence electrons. The van der Waals surface area contributed by atoms with Gasteiger partial charge in [0.1, 0.15) is 31.8 Å². The fourth-order valence-electron chi connectivity index (χ4n) is 6.83. The lowest BCUT2D eigenvalue weighted by Gasteiger charge is -2.32. The molecule has 0 spiro atoms. The smallest absolute Gasteiger partial charge is 0.306 e. The van der Waals surface area contributed by atoms with Crippen LogP contribution in [0, 0.1) is 17.3 Å². The van der Waals surface area contributed by atoms with E-state index in [1.54, 1.807) is 0 Å². The Balaban J connectivity index is 6.16. The topological polar surface area (TPSA) is 135 Å². The fraction of sp³-hybridized carbons (Fsp3) is 0.894. The van der Waals surface area contributed by atoms with E-state index in [1.165, 1.54) is 0 Å². The first-order valence-electron chi connectivity index (χ1n) is 23.4. The second kappa shape index (κ2) is 37.3. The van der Waals surface area contributed by atoms with Crippen LogP contribution in [-0.2, 0) is 47.7 Å². The standard InChI is InChI=1S/C47H87NO10/c1-8-13-18-25-40(26-19-14-9-2)34-45(52)57-38-47(37-56-44(51)31-24-32-48(6)7,36-55-43(50)30-23-22-29-42(49)54-33-17-12-5)39-58-46(53)35-41(27-20-15-10-3)28-21-16-11-4/h40-41H,8-39H2,1-7H3. The minimum Gasteiger partial charge on any atom is -0.466 e. The lowest BCUT2D eigenvalue weighted by molar-refractivity contribution is -0.171. The zero-order valence-electron chi connectivity index (χ0n) is 38.3. The first-order chi connectivity index (χ1) is 27.9. The Labute approximate surface area is 354 Å². The lowest BCUT2D eigenvalue weighted by Crippen LogP contribution is -2.44. The molecule has 0 aromatic heterocycles. The SMILES string of the molecule is CCCCCC(CCCCC)CC(=O)OCC(COC(=O)CCCCC(=O)OCCCC)(COC(=O)CCCN(C)C)COC(=O)CC(CCCCC)CCCCC. The summed E-state index contributed by atoms with van der Waals surface area (Å²) in [5, 5.41) is 0. The predicted octanol–water partition coefficient (Wildman–Crippen LogP) is 10.7. The maximum atomic E-state index is 13.5. The largest absolute Gasteiger partial charge is 0.466 e. The van der Waals surface area contributed by atoms with Crippen molar-refractivity contribution in [3.05, 3.63) is 0 Å². The summed E-state index contributed by atoms with van der Waals surface area (Å²) >= 11 is 0. The fourth-order valence-corrected chi connectivity index (χ4v) is 6.83. The van der Waals surface area contributed by atoms with Crippen LogP contribution in [0.15, 0.2) is 0 Å². The van der Waals surface area contributed by atoms with Gasteiger partial charge in [0.2, 0.25) is 0 Å². The number of carbonyl (C=O) groups is 5. The van der Waals surface area contributed by atoms with E-state index in [0.29, 0.717) is 32.4 Å². The second-order valence-electron chi connectivity index (χ2n) is 17.0. The number of ether oxygens (including phenoxy) is 5. The summed E-state index contributed by atoms with van der Waals surface area (Å²) in [4.78, 5) is 67.1. The quantitative estimate of drug-likeness (QED) is 0.0332. The Hall–Kier alpha value is -2.69. The number of esters is 5. The third-order valence-corrected chi connectivity index (χ3v) is 10.7. The maximum absolute atomic E-state index is 13.5. The lowest BCUT2D eigenvalue weighted by atomic mass is 9.90. The van der Waals surface area contributed by atoms with Crippen LogP contribution >= 0.6 is 0 Å². The van der Waals surface area contributed by atoms with Crippen LogP contribution in [0.3, 0.4) is 0 Å². The van der Waals surface area contributed by atoms with Crippen molar-refractivity contribution in [2.75, 3.05) is 53.7 Å². The van der Waals surface area contributed by atoms with Gasteiger partial charge in [0, 0.05) is 32.1 Å². The van der Waals surface area contributed by atoms with Crippen molar-refractivity contribution in [1.82, 2.24) is 4.90 Å². The molecule has 0 aliphatic rings. The molecule has 11 nitrogen and oxygen atoms in total. The van der Waals surface area contributed by atoms with Crippen LogP contribution in [0.25, 0.3) is 0 Å². The van der Waals surface area contributed by atoms with Gasteiger partial charge in [-0.15, -0.1) is 0 Å². The molecule has 0 saturated carbocycles. The summed E-state index contributed by atoms with van der Waals surface area (Å²) in [6, 6.07) is 0. The maximum Gasteiger partial charge on any atom is 0.306 e. The number of carbonyl (C=O) groups excluding carboxylic acids is 5. The van der Waals surface area contributed by atoms with Gasteiger partial charge in [-0.05, 0) is 83.8 Å². The number of hydrogen-bond acceptors (Lipinski definition) is 11. The molecule has 0 aliphatic carbocycles. The average molecular weight is 826 g/mol. The van der Waals surface area contributed by atoms with Gasteiger partial charge in [0.15, 0.2) is 0 Å². The molecule has 0 aromatic rings. The van der Waals surface area contributed by atoms with Gasteiger partial charge in [-0.3, -0.25) is 24.0 Å². The summed E-state index contributed by atoms with van der Waals surface area (Å²) in [5.41, 5.74) is -1.30. The molecule has 58 heavy (non-hydrogen) atoms. The molecule has 0 fully saturated rings. The van der Waals surface area contributed by atoms with E-state index in [1.807, 2.05) is 25.9 Å². The molecule has 0 amide bonds. The van der Waals surface area contributed by atoms with Gasteiger partial charge in [0.25, 0.3) is 0 Å². The molecule has 0 atom stereocenters. The highest BCUT2D eigenvalue weighted by atomic mass is 16.6. The first-order valence-corrected chi connectivity index (χ1v) is 23.4. The van der Waals surface area contributed by atoms with Crippen molar-refractivity contribution in [3.8, 4) is 0 Å².